The molecule has 2 atom stereocenters. The highest BCUT2D eigenvalue weighted by atomic mass is 79.9. The molecule has 6 nitrogen and oxygen atoms in total. The third-order valence-electron chi connectivity index (χ3n) is 3.14. The van der Waals surface area contributed by atoms with Gasteiger partial charge in [0.05, 0.1) is 0 Å². The fraction of sp³-hybridized carbons (Fsp3) is 0.462. The van der Waals surface area contributed by atoms with Crippen molar-refractivity contribution in [1.29, 1.82) is 0 Å². The molecule has 7 heteroatoms. The SMILES string of the molecule is NC(=O)[C@H](Cc1cccnc1Br)NC(=O)[C@@H]1CCCO1. The third kappa shape index (κ3) is 3.77. The number of primary amides is 1. The zero-order chi connectivity index (χ0) is 14.5. The highest BCUT2D eigenvalue weighted by Gasteiger charge is 2.27. The van der Waals surface area contributed by atoms with E-state index in [1.165, 1.54) is 0 Å². The van der Waals surface area contributed by atoms with Crippen molar-refractivity contribution in [3.8, 4) is 0 Å². The molecule has 0 unspecified atom stereocenters. The number of amides is 2. The zero-order valence-electron chi connectivity index (χ0n) is 10.8. The number of carbonyl (C=O) groups excluding carboxylic acids is 2. The van der Waals surface area contributed by atoms with Gasteiger partial charge in [0.15, 0.2) is 0 Å². The third-order valence-corrected chi connectivity index (χ3v) is 3.86. The molecule has 1 aromatic heterocycles. The van der Waals surface area contributed by atoms with E-state index in [1.54, 1.807) is 12.3 Å². The van der Waals surface area contributed by atoms with Gasteiger partial charge in [-0.15, -0.1) is 0 Å². The molecule has 0 bridgehead atoms. The number of nitrogens with zero attached hydrogens (tertiary/aromatic N) is 1. The van der Waals surface area contributed by atoms with Crippen LogP contribution in [0.1, 0.15) is 18.4 Å². The Bertz CT molecular complexity index is 503. The van der Waals surface area contributed by atoms with Crippen LogP contribution in [-0.2, 0) is 20.7 Å². The molecule has 1 aromatic rings. The van der Waals surface area contributed by atoms with Crippen LogP contribution in [0.5, 0.6) is 0 Å². The first-order valence-electron chi connectivity index (χ1n) is 6.38. The normalized spacial score (nSPS) is 19.6. The first kappa shape index (κ1) is 14.9. The fourth-order valence-electron chi connectivity index (χ4n) is 2.06. The standard InChI is InChI=1S/C13H16BrN3O3/c14-11-8(3-1-5-16-11)7-9(12(15)18)17-13(19)10-4-2-6-20-10/h1,3,5,9-10H,2,4,6-7H2,(H2,15,18)(H,17,19)/t9-,10-/m0/s1. The maximum Gasteiger partial charge on any atom is 0.249 e. The van der Waals surface area contributed by atoms with Crippen LogP contribution in [0.4, 0.5) is 0 Å². The summed E-state index contributed by atoms with van der Waals surface area (Å²) in [6.07, 6.45) is 2.98. The highest BCUT2D eigenvalue weighted by molar-refractivity contribution is 9.10. The van der Waals surface area contributed by atoms with Crippen molar-refractivity contribution in [2.75, 3.05) is 6.61 Å². The van der Waals surface area contributed by atoms with Crippen LogP contribution in [0.25, 0.3) is 0 Å². The van der Waals surface area contributed by atoms with E-state index >= 15 is 0 Å². The van der Waals surface area contributed by atoms with Crippen molar-refractivity contribution >= 4 is 27.7 Å². The van der Waals surface area contributed by atoms with Crippen molar-refractivity contribution in [2.45, 2.75) is 31.4 Å². The molecule has 1 aliphatic heterocycles. The molecule has 1 saturated heterocycles. The van der Waals surface area contributed by atoms with Gasteiger partial charge in [-0.05, 0) is 40.4 Å². The summed E-state index contributed by atoms with van der Waals surface area (Å²) >= 11 is 3.31. The number of ether oxygens (including phenoxy) is 1. The van der Waals surface area contributed by atoms with Gasteiger partial charge in [-0.3, -0.25) is 9.59 Å². The molecule has 0 radical (unpaired) electrons. The van der Waals surface area contributed by atoms with E-state index in [2.05, 4.69) is 26.2 Å². The number of halogens is 1. The summed E-state index contributed by atoms with van der Waals surface area (Å²) in [6.45, 7) is 0.577. The monoisotopic (exact) mass is 341 g/mol. The predicted molar refractivity (Wildman–Crippen MR) is 75.7 cm³/mol. The van der Waals surface area contributed by atoms with E-state index in [1.807, 2.05) is 6.07 Å². The van der Waals surface area contributed by atoms with Crippen LogP contribution in [0.3, 0.4) is 0 Å². The van der Waals surface area contributed by atoms with Crippen molar-refractivity contribution in [2.24, 2.45) is 5.73 Å². The molecule has 0 saturated carbocycles. The molecule has 1 aliphatic rings. The van der Waals surface area contributed by atoms with Gasteiger partial charge in [-0.2, -0.15) is 0 Å². The minimum Gasteiger partial charge on any atom is -0.368 e. The lowest BCUT2D eigenvalue weighted by atomic mass is 10.1. The zero-order valence-corrected chi connectivity index (χ0v) is 12.4. The number of nitrogens with one attached hydrogen (secondary N) is 1. The second-order valence-electron chi connectivity index (χ2n) is 4.62. The molecule has 108 valence electrons. The Morgan fingerprint density at radius 1 is 1.60 bits per heavy atom. The van der Waals surface area contributed by atoms with Gasteiger partial charge in [0.1, 0.15) is 16.7 Å². The summed E-state index contributed by atoms with van der Waals surface area (Å²) in [5.74, 6) is -0.863. The molecular weight excluding hydrogens is 326 g/mol. The van der Waals surface area contributed by atoms with E-state index in [9.17, 15) is 9.59 Å². The molecule has 0 spiro atoms. The van der Waals surface area contributed by atoms with Gasteiger partial charge >= 0.3 is 0 Å². The predicted octanol–water partition coefficient (Wildman–Crippen LogP) is 0.536. The quantitative estimate of drug-likeness (QED) is 0.764. The number of rotatable bonds is 5. The van der Waals surface area contributed by atoms with Crippen molar-refractivity contribution < 1.29 is 14.3 Å². The summed E-state index contributed by atoms with van der Waals surface area (Å²) in [7, 11) is 0. The Hall–Kier alpha value is -1.47. The number of pyridine rings is 1. The number of hydrogen-bond donors (Lipinski definition) is 2. The van der Waals surface area contributed by atoms with Gasteiger partial charge in [0.2, 0.25) is 11.8 Å². The van der Waals surface area contributed by atoms with E-state index in [0.29, 0.717) is 24.1 Å². The fourth-order valence-corrected chi connectivity index (χ4v) is 2.48. The van der Waals surface area contributed by atoms with Crippen molar-refractivity contribution in [3.05, 3.63) is 28.5 Å². The molecule has 0 aliphatic carbocycles. The van der Waals surface area contributed by atoms with Crippen LogP contribution in [0, 0.1) is 0 Å². The Labute approximate surface area is 125 Å². The highest BCUT2D eigenvalue weighted by Crippen LogP contribution is 2.16. The summed E-state index contributed by atoms with van der Waals surface area (Å²) in [6, 6.07) is 2.82. The summed E-state index contributed by atoms with van der Waals surface area (Å²) < 4.78 is 5.92. The molecule has 20 heavy (non-hydrogen) atoms. The summed E-state index contributed by atoms with van der Waals surface area (Å²) in [4.78, 5) is 27.5. The second kappa shape index (κ2) is 6.81. The van der Waals surface area contributed by atoms with Gasteiger partial charge in [0, 0.05) is 19.2 Å². The topological polar surface area (TPSA) is 94.3 Å². The van der Waals surface area contributed by atoms with E-state index < -0.39 is 18.1 Å². The Kier molecular flexibility index (Phi) is 5.08. The number of carbonyl (C=O) groups is 2. The van der Waals surface area contributed by atoms with Crippen molar-refractivity contribution in [3.63, 3.8) is 0 Å². The first-order valence-corrected chi connectivity index (χ1v) is 7.18. The lowest BCUT2D eigenvalue weighted by Crippen LogP contribution is -2.49. The van der Waals surface area contributed by atoms with E-state index in [4.69, 9.17) is 10.5 Å². The number of hydrogen-bond acceptors (Lipinski definition) is 4. The first-order chi connectivity index (χ1) is 9.58. The van der Waals surface area contributed by atoms with Gasteiger partial charge in [0.25, 0.3) is 0 Å². The largest absolute Gasteiger partial charge is 0.368 e. The average molecular weight is 342 g/mol. The molecule has 2 amide bonds. The Morgan fingerprint density at radius 3 is 3.00 bits per heavy atom. The maximum absolute atomic E-state index is 12.0. The van der Waals surface area contributed by atoms with Crippen LogP contribution in [-0.4, -0.2) is 35.6 Å². The molecule has 0 aromatic carbocycles. The van der Waals surface area contributed by atoms with Crippen LogP contribution < -0.4 is 11.1 Å². The minimum atomic E-state index is -0.771. The molecule has 3 N–H and O–H groups in total. The lowest BCUT2D eigenvalue weighted by Gasteiger charge is -2.18. The van der Waals surface area contributed by atoms with E-state index in [-0.39, 0.29) is 5.91 Å². The molecular formula is C13H16BrN3O3. The second-order valence-corrected chi connectivity index (χ2v) is 5.37. The lowest BCUT2D eigenvalue weighted by molar-refractivity contribution is -0.133. The summed E-state index contributed by atoms with van der Waals surface area (Å²) in [5.41, 5.74) is 6.16. The number of nitrogens with two attached hydrogens (primary N) is 1. The van der Waals surface area contributed by atoms with Gasteiger partial charge in [-0.25, -0.2) is 4.98 Å². The van der Waals surface area contributed by atoms with Crippen molar-refractivity contribution in [1.82, 2.24) is 10.3 Å². The number of aromatic nitrogens is 1. The molecule has 1 fully saturated rings. The molecule has 2 heterocycles. The summed E-state index contributed by atoms with van der Waals surface area (Å²) in [5, 5.41) is 2.65. The average Bonchev–Trinajstić information content (AvgIpc) is 2.94. The molecule has 2 rings (SSSR count). The Balaban J connectivity index is 2.02. The van der Waals surface area contributed by atoms with Crippen LogP contribution in [0.15, 0.2) is 22.9 Å². The minimum absolute atomic E-state index is 0.286. The smallest absolute Gasteiger partial charge is 0.249 e. The van der Waals surface area contributed by atoms with Gasteiger partial charge in [-0.1, -0.05) is 6.07 Å². The van der Waals surface area contributed by atoms with E-state index in [0.717, 1.165) is 12.0 Å². The van der Waals surface area contributed by atoms with Gasteiger partial charge < -0.3 is 15.8 Å². The Morgan fingerprint density at radius 2 is 2.40 bits per heavy atom. The van der Waals surface area contributed by atoms with Crippen LogP contribution in [0.2, 0.25) is 0 Å². The van der Waals surface area contributed by atoms with Crippen LogP contribution >= 0.6 is 15.9 Å². The maximum atomic E-state index is 12.0.